The van der Waals surface area contributed by atoms with Crippen LogP contribution in [0.2, 0.25) is 0 Å². The Bertz CT molecular complexity index is 267. The maximum absolute atomic E-state index is 11.1. The van der Waals surface area contributed by atoms with Crippen molar-refractivity contribution in [2.45, 2.75) is 52.7 Å². The SMILES string of the molecule is CC(C)(C)NC(=O)N=NC(=O)OC(C)(C)C. The monoisotopic (exact) mass is 229 g/mol. The van der Waals surface area contributed by atoms with Crippen LogP contribution in [0.3, 0.4) is 0 Å². The zero-order valence-corrected chi connectivity index (χ0v) is 10.6. The highest BCUT2D eigenvalue weighted by Gasteiger charge is 2.17. The van der Waals surface area contributed by atoms with Crippen LogP contribution in [0.1, 0.15) is 41.5 Å². The van der Waals surface area contributed by atoms with Gasteiger partial charge in [0.2, 0.25) is 0 Å². The highest BCUT2D eigenvalue weighted by molar-refractivity contribution is 5.77. The molecule has 3 amide bonds. The summed E-state index contributed by atoms with van der Waals surface area (Å²) in [5, 5.41) is 8.87. The molecule has 0 saturated carbocycles. The van der Waals surface area contributed by atoms with Crippen LogP contribution in [-0.4, -0.2) is 23.3 Å². The van der Waals surface area contributed by atoms with E-state index in [0.717, 1.165) is 0 Å². The maximum Gasteiger partial charge on any atom is 0.453 e. The van der Waals surface area contributed by atoms with Crippen molar-refractivity contribution in [1.29, 1.82) is 0 Å². The Balaban J connectivity index is 4.20. The molecule has 6 heteroatoms. The van der Waals surface area contributed by atoms with Crippen LogP contribution < -0.4 is 5.32 Å². The first-order valence-electron chi connectivity index (χ1n) is 4.96. The predicted molar refractivity (Wildman–Crippen MR) is 59.4 cm³/mol. The molecular weight excluding hydrogens is 210 g/mol. The van der Waals surface area contributed by atoms with Crippen molar-refractivity contribution in [3.8, 4) is 0 Å². The van der Waals surface area contributed by atoms with Crippen molar-refractivity contribution in [1.82, 2.24) is 5.32 Å². The minimum Gasteiger partial charge on any atom is -0.441 e. The van der Waals surface area contributed by atoms with Gasteiger partial charge in [0.1, 0.15) is 5.60 Å². The minimum absolute atomic E-state index is 0.413. The molecule has 0 aromatic rings. The molecule has 6 nitrogen and oxygen atoms in total. The average Bonchev–Trinajstić information content (AvgIpc) is 1.94. The fraction of sp³-hybridized carbons (Fsp3) is 0.800. The van der Waals surface area contributed by atoms with E-state index in [4.69, 9.17) is 4.74 Å². The number of hydrogen-bond acceptors (Lipinski definition) is 3. The molecule has 0 saturated heterocycles. The summed E-state index contributed by atoms with van der Waals surface area (Å²) in [7, 11) is 0. The van der Waals surface area contributed by atoms with E-state index in [1.807, 2.05) is 0 Å². The Morgan fingerprint density at radius 1 is 1.00 bits per heavy atom. The Hall–Kier alpha value is -1.46. The van der Waals surface area contributed by atoms with Crippen molar-refractivity contribution in [3.05, 3.63) is 0 Å². The number of hydrogen-bond donors (Lipinski definition) is 1. The van der Waals surface area contributed by atoms with E-state index in [0.29, 0.717) is 0 Å². The predicted octanol–water partition coefficient (Wildman–Crippen LogP) is 2.88. The molecule has 1 N–H and O–H groups in total. The number of ether oxygens (including phenoxy) is 1. The Morgan fingerprint density at radius 3 is 1.88 bits per heavy atom. The van der Waals surface area contributed by atoms with Gasteiger partial charge in [-0.1, -0.05) is 10.2 Å². The first-order chi connectivity index (χ1) is 6.99. The summed E-state index contributed by atoms with van der Waals surface area (Å²) in [6, 6.07) is -0.668. The number of urea groups is 1. The molecule has 92 valence electrons. The second-order valence-electron chi connectivity index (χ2n) is 5.36. The van der Waals surface area contributed by atoms with E-state index in [-0.39, 0.29) is 0 Å². The molecule has 16 heavy (non-hydrogen) atoms. The van der Waals surface area contributed by atoms with E-state index in [1.54, 1.807) is 41.5 Å². The van der Waals surface area contributed by atoms with Gasteiger partial charge < -0.3 is 10.1 Å². The molecule has 0 heterocycles. The molecule has 0 aliphatic rings. The van der Waals surface area contributed by atoms with E-state index in [1.165, 1.54) is 0 Å². The van der Waals surface area contributed by atoms with Gasteiger partial charge >= 0.3 is 12.1 Å². The molecule has 0 radical (unpaired) electrons. The van der Waals surface area contributed by atoms with Gasteiger partial charge in [0.05, 0.1) is 0 Å². The number of nitrogens with zero attached hydrogens (tertiary/aromatic N) is 2. The van der Waals surface area contributed by atoms with E-state index in [2.05, 4.69) is 15.5 Å². The molecule has 0 aliphatic heterocycles. The van der Waals surface area contributed by atoms with Gasteiger partial charge in [-0.05, 0) is 41.5 Å². The number of carbonyl (C=O) groups is 2. The van der Waals surface area contributed by atoms with Crippen LogP contribution in [0.4, 0.5) is 9.59 Å². The van der Waals surface area contributed by atoms with Crippen LogP contribution >= 0.6 is 0 Å². The largest absolute Gasteiger partial charge is 0.453 e. The van der Waals surface area contributed by atoms with E-state index < -0.39 is 23.3 Å². The molecule has 0 bridgehead atoms. The van der Waals surface area contributed by atoms with Gasteiger partial charge in [0.25, 0.3) is 0 Å². The summed E-state index contributed by atoms with van der Waals surface area (Å²) in [5.41, 5.74) is -1.05. The molecule has 0 aliphatic carbocycles. The van der Waals surface area contributed by atoms with Crippen LogP contribution in [0, 0.1) is 0 Å². The second-order valence-corrected chi connectivity index (χ2v) is 5.36. The van der Waals surface area contributed by atoms with Gasteiger partial charge in [-0.25, -0.2) is 9.59 Å². The Morgan fingerprint density at radius 2 is 1.50 bits per heavy atom. The van der Waals surface area contributed by atoms with Crippen molar-refractivity contribution >= 4 is 12.1 Å². The highest BCUT2D eigenvalue weighted by atomic mass is 16.6. The highest BCUT2D eigenvalue weighted by Crippen LogP contribution is 2.08. The number of carbonyl (C=O) groups excluding carboxylic acids is 2. The number of rotatable bonds is 0. The summed E-state index contributed by atoms with van der Waals surface area (Å²) in [4.78, 5) is 22.2. The summed E-state index contributed by atoms with van der Waals surface area (Å²) in [5.74, 6) is 0. The van der Waals surface area contributed by atoms with Crippen molar-refractivity contribution < 1.29 is 14.3 Å². The topological polar surface area (TPSA) is 80.1 Å². The third kappa shape index (κ3) is 9.11. The molecule has 0 rings (SSSR count). The van der Waals surface area contributed by atoms with Crippen LogP contribution in [0.5, 0.6) is 0 Å². The van der Waals surface area contributed by atoms with Crippen molar-refractivity contribution in [2.24, 2.45) is 10.2 Å². The fourth-order valence-corrected chi connectivity index (χ4v) is 0.714. The summed E-state index contributed by atoms with van der Waals surface area (Å²) < 4.78 is 4.84. The number of amides is 3. The maximum atomic E-state index is 11.1. The van der Waals surface area contributed by atoms with E-state index >= 15 is 0 Å². The van der Waals surface area contributed by atoms with Gasteiger partial charge in [0, 0.05) is 5.54 Å². The normalized spacial score (nSPS) is 12.6. The van der Waals surface area contributed by atoms with Crippen LogP contribution in [0.25, 0.3) is 0 Å². The van der Waals surface area contributed by atoms with Gasteiger partial charge in [0.15, 0.2) is 0 Å². The lowest BCUT2D eigenvalue weighted by molar-refractivity contribution is 0.0590. The average molecular weight is 229 g/mol. The zero-order chi connectivity index (χ0) is 13.0. The minimum atomic E-state index is -0.878. The number of nitrogens with one attached hydrogen (secondary N) is 1. The first kappa shape index (κ1) is 14.5. The molecule has 0 aromatic heterocycles. The lowest BCUT2D eigenvalue weighted by atomic mass is 10.1. The van der Waals surface area contributed by atoms with Gasteiger partial charge in [-0.15, -0.1) is 0 Å². The van der Waals surface area contributed by atoms with Crippen molar-refractivity contribution in [2.75, 3.05) is 0 Å². The van der Waals surface area contributed by atoms with Gasteiger partial charge in [-0.2, -0.15) is 0 Å². The fourth-order valence-electron chi connectivity index (χ4n) is 0.714. The van der Waals surface area contributed by atoms with Crippen LogP contribution in [0.15, 0.2) is 10.2 Å². The summed E-state index contributed by atoms with van der Waals surface area (Å²) in [6.07, 6.45) is -0.878. The molecule has 0 spiro atoms. The lowest BCUT2D eigenvalue weighted by Gasteiger charge is -2.18. The summed E-state index contributed by atoms with van der Waals surface area (Å²) in [6.45, 7) is 10.5. The number of azo groups is 1. The zero-order valence-electron chi connectivity index (χ0n) is 10.6. The first-order valence-corrected chi connectivity index (χ1v) is 4.96. The second kappa shape index (κ2) is 5.05. The molecule has 0 unspecified atom stereocenters. The molecule has 0 atom stereocenters. The third-order valence-electron chi connectivity index (χ3n) is 1.10. The lowest BCUT2D eigenvalue weighted by Crippen LogP contribution is -2.38. The van der Waals surface area contributed by atoms with Gasteiger partial charge in [-0.3, -0.25) is 0 Å². The molecular formula is C10H19N3O3. The molecule has 0 aromatic carbocycles. The van der Waals surface area contributed by atoms with Crippen molar-refractivity contribution in [3.63, 3.8) is 0 Å². The third-order valence-corrected chi connectivity index (χ3v) is 1.10. The molecule has 0 fully saturated rings. The summed E-state index contributed by atoms with van der Waals surface area (Å²) >= 11 is 0. The van der Waals surface area contributed by atoms with Crippen LogP contribution in [-0.2, 0) is 4.74 Å². The Labute approximate surface area is 95.5 Å². The van der Waals surface area contributed by atoms with E-state index in [9.17, 15) is 9.59 Å². The quantitative estimate of drug-likeness (QED) is 0.648. The standard InChI is InChI=1S/C10H19N3O3/c1-9(2,3)11-7(14)12-13-8(15)16-10(4,5)6/h1-6H3,(H,11,14). The smallest absolute Gasteiger partial charge is 0.441 e. The Kier molecular flexibility index (Phi) is 4.59.